The van der Waals surface area contributed by atoms with Crippen LogP contribution in [0.25, 0.3) is 5.69 Å². The van der Waals surface area contributed by atoms with Gasteiger partial charge < -0.3 is 14.6 Å². The third kappa shape index (κ3) is 6.49. The first-order valence-corrected chi connectivity index (χ1v) is 12.0. The normalized spacial score (nSPS) is 14.3. The van der Waals surface area contributed by atoms with Gasteiger partial charge in [-0.3, -0.25) is 4.90 Å². The number of hydrogen-bond acceptors (Lipinski definition) is 5. The molecule has 6 nitrogen and oxygen atoms in total. The highest BCUT2D eigenvalue weighted by Gasteiger charge is 2.33. The highest BCUT2D eigenvalue weighted by molar-refractivity contribution is 5.44. The maximum Gasteiger partial charge on any atom is 0.227 e. The maximum absolute atomic E-state index is 14.0. The number of terminal acetylenes is 1. The molecule has 1 aliphatic carbocycles. The first kappa shape index (κ1) is 24.9. The predicted molar refractivity (Wildman–Crippen MR) is 133 cm³/mol. The fourth-order valence-corrected chi connectivity index (χ4v) is 4.12. The van der Waals surface area contributed by atoms with Crippen molar-refractivity contribution in [2.45, 2.75) is 51.3 Å². The van der Waals surface area contributed by atoms with E-state index in [0.717, 1.165) is 29.8 Å². The zero-order valence-corrected chi connectivity index (χ0v) is 20.2. The molecule has 0 amide bonds. The van der Waals surface area contributed by atoms with Gasteiger partial charge in [0.1, 0.15) is 18.2 Å². The number of para-hydroxylation sites is 1. The van der Waals surface area contributed by atoms with Crippen molar-refractivity contribution in [3.63, 3.8) is 0 Å². The third-order valence-electron chi connectivity index (χ3n) is 5.89. The van der Waals surface area contributed by atoms with Gasteiger partial charge in [-0.15, -0.1) is 6.42 Å². The second-order valence-corrected chi connectivity index (χ2v) is 9.16. The van der Waals surface area contributed by atoms with Gasteiger partial charge in [0.25, 0.3) is 0 Å². The Balaban J connectivity index is 1.71. The molecule has 0 radical (unpaired) electrons. The summed E-state index contributed by atoms with van der Waals surface area (Å²) in [6.07, 6.45) is 6.73. The number of nitrogens with zero attached hydrogens (tertiary/aromatic N) is 3. The van der Waals surface area contributed by atoms with E-state index >= 15 is 0 Å². The Morgan fingerprint density at radius 2 is 1.97 bits per heavy atom. The third-order valence-corrected chi connectivity index (χ3v) is 5.89. The minimum Gasteiger partial charge on any atom is -0.438 e. The zero-order valence-electron chi connectivity index (χ0n) is 20.2. The Labute approximate surface area is 206 Å². The lowest BCUT2D eigenvalue weighted by atomic mass is 10.1. The van der Waals surface area contributed by atoms with E-state index in [-0.39, 0.29) is 24.9 Å². The van der Waals surface area contributed by atoms with E-state index in [1.165, 1.54) is 12.1 Å². The van der Waals surface area contributed by atoms with Gasteiger partial charge in [-0.05, 0) is 43.0 Å². The van der Waals surface area contributed by atoms with Crippen LogP contribution in [0.3, 0.4) is 0 Å². The van der Waals surface area contributed by atoms with Crippen molar-refractivity contribution in [3.05, 3.63) is 71.7 Å². The SMILES string of the molecule is C#CCOCC(O)CN(Cc1c(C(C)C)nn(-c2ccccc2)c1Oc1cccc(F)c1)C1CC1. The highest BCUT2D eigenvalue weighted by atomic mass is 19.1. The van der Waals surface area contributed by atoms with Crippen molar-refractivity contribution in [2.24, 2.45) is 0 Å². The molecule has 1 unspecified atom stereocenters. The number of hydrogen-bond donors (Lipinski definition) is 1. The lowest BCUT2D eigenvalue weighted by Gasteiger charge is -2.25. The van der Waals surface area contributed by atoms with Gasteiger partial charge in [0.05, 0.1) is 29.7 Å². The maximum atomic E-state index is 14.0. The molecule has 0 bridgehead atoms. The van der Waals surface area contributed by atoms with Crippen LogP contribution >= 0.6 is 0 Å². The van der Waals surface area contributed by atoms with Crippen molar-refractivity contribution in [2.75, 3.05) is 19.8 Å². The summed E-state index contributed by atoms with van der Waals surface area (Å²) in [6.45, 7) is 5.53. The van der Waals surface area contributed by atoms with Crippen molar-refractivity contribution in [1.29, 1.82) is 0 Å². The van der Waals surface area contributed by atoms with E-state index in [1.54, 1.807) is 16.8 Å². The molecule has 3 aromatic rings. The van der Waals surface area contributed by atoms with E-state index < -0.39 is 6.10 Å². The number of aliphatic hydroxyl groups is 1. The number of benzene rings is 2. The van der Waals surface area contributed by atoms with E-state index in [4.69, 9.17) is 21.0 Å². The van der Waals surface area contributed by atoms with Gasteiger partial charge in [0.2, 0.25) is 5.88 Å². The summed E-state index contributed by atoms with van der Waals surface area (Å²) in [5.74, 6) is 3.14. The monoisotopic (exact) mass is 477 g/mol. The molecule has 1 heterocycles. The number of halogens is 1. The molecule has 1 atom stereocenters. The van der Waals surface area contributed by atoms with Gasteiger partial charge in [-0.25, -0.2) is 9.07 Å². The van der Waals surface area contributed by atoms with Gasteiger partial charge in [0.15, 0.2) is 0 Å². The molecule has 0 saturated heterocycles. The fraction of sp³-hybridized carbons (Fsp3) is 0.393. The Morgan fingerprint density at radius 3 is 2.63 bits per heavy atom. The molecular weight excluding hydrogens is 445 g/mol. The molecule has 0 aliphatic heterocycles. The molecule has 1 saturated carbocycles. The Kier molecular flexibility index (Phi) is 8.19. The van der Waals surface area contributed by atoms with Crippen molar-refractivity contribution < 1.29 is 19.0 Å². The van der Waals surface area contributed by atoms with Gasteiger partial charge in [-0.1, -0.05) is 44.0 Å². The molecule has 0 spiro atoms. The van der Waals surface area contributed by atoms with Crippen LogP contribution in [0, 0.1) is 18.2 Å². The molecule has 7 heteroatoms. The van der Waals surface area contributed by atoms with Gasteiger partial charge in [0, 0.05) is 25.2 Å². The van der Waals surface area contributed by atoms with Crippen molar-refractivity contribution >= 4 is 0 Å². The quantitative estimate of drug-likeness (QED) is 0.297. The molecule has 184 valence electrons. The minimum absolute atomic E-state index is 0.134. The first-order valence-electron chi connectivity index (χ1n) is 12.0. The van der Waals surface area contributed by atoms with Gasteiger partial charge >= 0.3 is 0 Å². The number of rotatable bonds is 12. The number of aromatic nitrogens is 2. The summed E-state index contributed by atoms with van der Waals surface area (Å²) in [6, 6.07) is 16.3. The van der Waals surface area contributed by atoms with Crippen molar-refractivity contribution in [1.82, 2.24) is 14.7 Å². The highest BCUT2D eigenvalue weighted by Crippen LogP contribution is 2.37. The Bertz CT molecular complexity index is 1150. The van der Waals surface area contributed by atoms with Crippen LogP contribution in [0.2, 0.25) is 0 Å². The van der Waals surface area contributed by atoms with E-state index in [1.807, 2.05) is 30.3 Å². The van der Waals surface area contributed by atoms with E-state index in [9.17, 15) is 9.50 Å². The van der Waals surface area contributed by atoms with Crippen LogP contribution in [0.4, 0.5) is 4.39 Å². The lowest BCUT2D eigenvalue weighted by molar-refractivity contribution is 0.0240. The number of ether oxygens (including phenoxy) is 2. The van der Waals surface area contributed by atoms with Crippen molar-refractivity contribution in [3.8, 4) is 29.7 Å². The Hall–Kier alpha value is -3.18. The number of aliphatic hydroxyl groups excluding tert-OH is 1. The summed E-state index contributed by atoms with van der Waals surface area (Å²) in [7, 11) is 0. The van der Waals surface area contributed by atoms with Gasteiger partial charge in [-0.2, -0.15) is 5.10 Å². The minimum atomic E-state index is -0.664. The zero-order chi connectivity index (χ0) is 24.8. The topological polar surface area (TPSA) is 59.8 Å². The molecule has 35 heavy (non-hydrogen) atoms. The molecule has 1 fully saturated rings. The smallest absolute Gasteiger partial charge is 0.227 e. The van der Waals surface area contributed by atoms with Crippen LogP contribution < -0.4 is 4.74 Å². The summed E-state index contributed by atoms with van der Waals surface area (Å²) in [5.41, 5.74) is 2.69. The second kappa shape index (κ2) is 11.5. The standard InChI is InChI=1S/C28H32FN3O3/c1-4-15-34-19-24(33)17-31(22-13-14-22)18-26-27(20(2)3)30-32(23-10-6-5-7-11-23)28(26)35-25-12-8-9-21(29)16-25/h1,5-12,16,20,22,24,33H,13-15,17-19H2,2-3H3. The van der Waals surface area contributed by atoms with Crippen LogP contribution in [0.15, 0.2) is 54.6 Å². The first-order chi connectivity index (χ1) is 17.0. The average molecular weight is 478 g/mol. The largest absolute Gasteiger partial charge is 0.438 e. The van der Waals surface area contributed by atoms with Crippen LogP contribution in [-0.4, -0.2) is 51.7 Å². The van der Waals surface area contributed by atoms with E-state index in [0.29, 0.717) is 30.8 Å². The molecule has 1 aliphatic rings. The Morgan fingerprint density at radius 1 is 1.20 bits per heavy atom. The van der Waals surface area contributed by atoms with E-state index in [2.05, 4.69) is 24.7 Å². The lowest BCUT2D eigenvalue weighted by Crippen LogP contribution is -2.36. The molecule has 2 aromatic carbocycles. The molecule has 1 aromatic heterocycles. The summed E-state index contributed by atoms with van der Waals surface area (Å²) in [4.78, 5) is 2.25. The average Bonchev–Trinajstić information content (AvgIpc) is 3.63. The summed E-state index contributed by atoms with van der Waals surface area (Å²) >= 11 is 0. The summed E-state index contributed by atoms with van der Waals surface area (Å²) < 4.78 is 27.4. The predicted octanol–water partition coefficient (Wildman–Crippen LogP) is 4.90. The van der Waals surface area contributed by atoms with Crippen LogP contribution in [0.1, 0.15) is 43.9 Å². The van der Waals surface area contributed by atoms with Crippen LogP contribution in [0.5, 0.6) is 11.6 Å². The molecule has 4 rings (SSSR count). The second-order valence-electron chi connectivity index (χ2n) is 9.16. The molecular formula is C28H32FN3O3. The van der Waals surface area contributed by atoms with Crippen LogP contribution in [-0.2, 0) is 11.3 Å². The fourth-order valence-electron chi connectivity index (χ4n) is 4.12. The summed E-state index contributed by atoms with van der Waals surface area (Å²) in [5, 5.41) is 15.5. The molecule has 1 N–H and O–H groups in total.